The van der Waals surface area contributed by atoms with Gasteiger partial charge in [0, 0.05) is 0 Å². The first kappa shape index (κ1) is 27.0. The molecule has 0 aliphatic rings. The zero-order chi connectivity index (χ0) is 29.6. The van der Waals surface area contributed by atoms with E-state index in [0.29, 0.717) is 0 Å². The monoisotopic (exact) mass is 562 g/mol. The van der Waals surface area contributed by atoms with Gasteiger partial charge in [0.05, 0.1) is 11.4 Å². The van der Waals surface area contributed by atoms with Gasteiger partial charge in [-0.2, -0.15) is 0 Å². The lowest BCUT2D eigenvalue weighted by Gasteiger charge is -2.28. The molecule has 44 heavy (non-hydrogen) atoms. The van der Waals surface area contributed by atoms with E-state index in [-0.39, 0.29) is 0 Å². The maximum absolute atomic E-state index is 4.83. The van der Waals surface area contributed by atoms with Gasteiger partial charge < -0.3 is 0 Å². The highest BCUT2D eigenvalue weighted by Gasteiger charge is 2.18. The Labute approximate surface area is 259 Å². The van der Waals surface area contributed by atoms with E-state index in [0.717, 1.165) is 55.9 Å². The minimum absolute atomic E-state index is 0.880. The predicted molar refractivity (Wildman–Crippen MR) is 180 cm³/mol. The Kier molecular flexibility index (Phi) is 7.71. The summed E-state index contributed by atoms with van der Waals surface area (Å²) in [7, 11) is 0. The summed E-state index contributed by atoms with van der Waals surface area (Å²) in [5.74, 6) is 2.34. The van der Waals surface area contributed by atoms with Crippen molar-refractivity contribution < 1.29 is 0 Å². The largest absolute Gasteiger partial charge is 0.242 e. The van der Waals surface area contributed by atoms with E-state index in [1.807, 2.05) is 0 Å². The first-order valence-electron chi connectivity index (χ1n) is 14.8. The molecule has 6 aromatic carbocycles. The molecule has 0 amide bonds. The van der Waals surface area contributed by atoms with Crippen LogP contribution < -0.4 is 0 Å². The molecule has 7 rings (SSSR count). The Hall–Kier alpha value is -5.86. The molecule has 1 aromatic heterocycles. The molecule has 0 N–H and O–H groups in total. The van der Waals surface area contributed by atoms with Gasteiger partial charge in [0.1, 0.15) is 6.33 Å². The van der Waals surface area contributed by atoms with E-state index in [1.165, 1.54) is 11.8 Å². The van der Waals surface area contributed by atoms with Crippen LogP contribution in [0.4, 0.5) is 0 Å². The van der Waals surface area contributed by atoms with Gasteiger partial charge in [-0.1, -0.05) is 215 Å². The molecule has 2 heteroatoms. The van der Waals surface area contributed by atoms with Crippen molar-refractivity contribution in [2.45, 2.75) is 0 Å². The lowest BCUT2D eigenvalue weighted by atomic mass is 9.81. The van der Waals surface area contributed by atoms with Gasteiger partial charge in [-0.05, 0) is 17.2 Å². The highest BCUT2D eigenvalue weighted by Crippen LogP contribution is 2.39. The van der Waals surface area contributed by atoms with Gasteiger partial charge in [0.25, 0.3) is 0 Å². The number of rotatable bonds is 8. The third-order valence-electron chi connectivity index (χ3n) is 7.86. The minimum atomic E-state index is 0.880. The fraction of sp³-hybridized carbons (Fsp3) is 0. The zero-order valence-corrected chi connectivity index (χ0v) is 24.2. The first-order chi connectivity index (χ1) is 21.9. The van der Waals surface area contributed by atoms with Crippen LogP contribution in [0.3, 0.4) is 0 Å². The van der Waals surface area contributed by atoms with Crippen molar-refractivity contribution in [3.63, 3.8) is 0 Å². The van der Waals surface area contributed by atoms with E-state index in [1.54, 1.807) is 6.33 Å². The quantitative estimate of drug-likeness (QED) is 0.136. The molecule has 0 atom stereocenters. The van der Waals surface area contributed by atoms with Gasteiger partial charge in [0.15, 0.2) is 0 Å². The summed E-state index contributed by atoms with van der Waals surface area (Å²) in [6.07, 6.45) is 1.69. The molecule has 0 saturated carbocycles. The molecule has 0 saturated heterocycles. The lowest BCUT2D eigenvalue weighted by molar-refractivity contribution is 1.15. The van der Waals surface area contributed by atoms with E-state index < -0.39 is 0 Å². The van der Waals surface area contributed by atoms with Crippen molar-refractivity contribution in [2.24, 2.45) is 0 Å². The summed E-state index contributed by atoms with van der Waals surface area (Å²) in [6, 6.07) is 61.5. The number of nitrogens with zero attached hydrogens (tertiary/aromatic N) is 2. The summed E-state index contributed by atoms with van der Waals surface area (Å²) in [6.45, 7) is 0. The fourth-order valence-corrected chi connectivity index (χ4v) is 5.88. The smallest absolute Gasteiger partial charge is 0.115 e. The van der Waals surface area contributed by atoms with Crippen molar-refractivity contribution in [2.75, 3.05) is 0 Å². The van der Waals surface area contributed by atoms with Gasteiger partial charge in [0.2, 0.25) is 0 Å². The Balaban J connectivity index is 1.37. The normalized spacial score (nSPS) is 10.7. The summed E-state index contributed by atoms with van der Waals surface area (Å²) in [5, 5.41) is 0. The Morgan fingerprint density at radius 2 is 0.614 bits per heavy atom. The van der Waals surface area contributed by atoms with Crippen LogP contribution in [0.5, 0.6) is 0 Å². The molecule has 7 aromatic rings. The number of hydrogen-bond donors (Lipinski definition) is 0. The van der Waals surface area contributed by atoms with Crippen LogP contribution >= 0.6 is 0 Å². The van der Waals surface area contributed by atoms with Crippen molar-refractivity contribution >= 4 is 0 Å². The summed E-state index contributed by atoms with van der Waals surface area (Å²) < 4.78 is 0. The van der Waals surface area contributed by atoms with E-state index in [9.17, 15) is 0 Å². The Morgan fingerprint density at radius 3 is 0.955 bits per heavy atom. The fourth-order valence-electron chi connectivity index (χ4n) is 5.88. The number of hydrogen-bond acceptors (Lipinski definition) is 2. The predicted octanol–water partition coefficient (Wildman–Crippen LogP) is 9.85. The SMILES string of the molecule is c1ccc([C-](c2ccccc2)c2ccccc2-c2cc(-c3ccccc3[C-](c3ccccc3)c3ccccc3)ncn2)cc1. The molecular formula is C42H30N2-2. The van der Waals surface area contributed by atoms with Crippen molar-refractivity contribution in [3.05, 3.63) is 227 Å². The van der Waals surface area contributed by atoms with Crippen LogP contribution in [0, 0.1) is 11.8 Å². The highest BCUT2D eigenvalue weighted by molar-refractivity contribution is 5.78. The second-order valence-electron chi connectivity index (χ2n) is 10.6. The number of aromatic nitrogens is 2. The average molecular weight is 563 g/mol. The minimum Gasteiger partial charge on any atom is -0.242 e. The Bertz CT molecular complexity index is 1730. The van der Waals surface area contributed by atoms with Crippen LogP contribution in [-0.2, 0) is 0 Å². The molecule has 0 bridgehead atoms. The van der Waals surface area contributed by atoms with E-state index in [2.05, 4.69) is 176 Å². The van der Waals surface area contributed by atoms with E-state index in [4.69, 9.17) is 9.97 Å². The van der Waals surface area contributed by atoms with Crippen LogP contribution in [0.15, 0.2) is 182 Å². The van der Waals surface area contributed by atoms with Crippen molar-refractivity contribution in [3.8, 4) is 22.5 Å². The van der Waals surface area contributed by atoms with Crippen LogP contribution in [-0.4, -0.2) is 9.97 Å². The maximum atomic E-state index is 4.83. The maximum Gasteiger partial charge on any atom is 0.115 e. The van der Waals surface area contributed by atoms with Gasteiger partial charge >= 0.3 is 0 Å². The van der Waals surface area contributed by atoms with Gasteiger partial charge in [-0.3, -0.25) is 0 Å². The molecule has 1 heterocycles. The lowest BCUT2D eigenvalue weighted by Crippen LogP contribution is -2.07. The summed E-state index contributed by atoms with van der Waals surface area (Å²) in [5.41, 5.74) is 10.8. The standard InChI is InChI=1S/C42H30N2/c1-5-17-31(18-6-1)41(32-19-7-2-8-20-32)37-27-15-13-25-35(37)39-29-40(44-30-43-39)36-26-14-16-28-38(36)42(33-21-9-3-10-22-33)34-23-11-4-12-24-34/h1-30H/q-2. The Morgan fingerprint density at radius 1 is 0.318 bits per heavy atom. The van der Waals surface area contributed by atoms with Gasteiger partial charge in [-0.25, -0.2) is 9.97 Å². The second-order valence-corrected chi connectivity index (χ2v) is 10.6. The van der Waals surface area contributed by atoms with E-state index >= 15 is 0 Å². The molecule has 0 spiro atoms. The topological polar surface area (TPSA) is 25.8 Å². The average Bonchev–Trinajstić information content (AvgIpc) is 3.11. The summed E-state index contributed by atoms with van der Waals surface area (Å²) >= 11 is 0. The van der Waals surface area contributed by atoms with Crippen LogP contribution in [0.1, 0.15) is 33.4 Å². The third-order valence-corrected chi connectivity index (χ3v) is 7.86. The molecule has 210 valence electrons. The molecule has 0 radical (unpaired) electrons. The van der Waals surface area contributed by atoms with Crippen molar-refractivity contribution in [1.29, 1.82) is 0 Å². The van der Waals surface area contributed by atoms with Gasteiger partial charge in [-0.15, -0.1) is 0 Å². The third kappa shape index (κ3) is 5.49. The molecular weight excluding hydrogens is 532 g/mol. The zero-order valence-electron chi connectivity index (χ0n) is 24.2. The van der Waals surface area contributed by atoms with Crippen LogP contribution in [0.2, 0.25) is 0 Å². The highest BCUT2D eigenvalue weighted by atomic mass is 14.8. The first-order valence-corrected chi connectivity index (χ1v) is 14.8. The number of benzene rings is 6. The molecule has 0 unspecified atom stereocenters. The molecule has 0 aliphatic heterocycles. The molecule has 0 fully saturated rings. The molecule has 0 aliphatic carbocycles. The second kappa shape index (κ2) is 12.6. The van der Waals surface area contributed by atoms with Crippen LogP contribution in [0.25, 0.3) is 22.5 Å². The summed E-state index contributed by atoms with van der Waals surface area (Å²) in [4.78, 5) is 9.65. The van der Waals surface area contributed by atoms with Crippen molar-refractivity contribution in [1.82, 2.24) is 9.97 Å². The molecule has 2 nitrogen and oxygen atoms in total.